The molecule has 30 heavy (non-hydrogen) atoms. The number of carbonyl (C=O) groups excluding carboxylic acids is 1. The van der Waals surface area contributed by atoms with E-state index in [0.717, 1.165) is 18.1 Å². The first kappa shape index (κ1) is 21.0. The van der Waals surface area contributed by atoms with Crippen molar-refractivity contribution in [3.63, 3.8) is 0 Å². The summed E-state index contributed by atoms with van der Waals surface area (Å²) in [6.07, 6.45) is 1.75. The molecule has 0 aliphatic heterocycles. The summed E-state index contributed by atoms with van der Waals surface area (Å²) in [5.41, 5.74) is 0.00365. The number of unbranched alkanes of at least 4 members (excludes halogenated alkanes) is 1. The molecule has 0 unspecified atom stereocenters. The quantitative estimate of drug-likeness (QED) is 0.415. The molecular weight excluding hydrogens is 395 g/mol. The van der Waals surface area contributed by atoms with Crippen LogP contribution < -0.4 is 10.2 Å². The van der Waals surface area contributed by atoms with Gasteiger partial charge in [0.25, 0.3) is 5.78 Å². The van der Waals surface area contributed by atoms with Crippen molar-refractivity contribution >= 4 is 11.8 Å². The summed E-state index contributed by atoms with van der Waals surface area (Å²) in [6.45, 7) is 2.10. The minimum absolute atomic E-state index is 0.141. The molecule has 7 nitrogen and oxygen atoms in total. The number of furan rings is 1. The van der Waals surface area contributed by atoms with Crippen LogP contribution in [0.3, 0.4) is 0 Å². The second-order valence-electron chi connectivity index (χ2n) is 6.54. The Morgan fingerprint density at radius 3 is 2.47 bits per heavy atom. The van der Waals surface area contributed by atoms with Gasteiger partial charge in [-0.2, -0.15) is 0 Å². The van der Waals surface area contributed by atoms with Gasteiger partial charge in [-0.1, -0.05) is 25.5 Å². The molecule has 0 aliphatic carbocycles. The maximum Gasteiger partial charge on any atom is 0.371 e. The number of rotatable bonds is 9. The van der Waals surface area contributed by atoms with E-state index in [-0.39, 0.29) is 23.9 Å². The van der Waals surface area contributed by atoms with Crippen molar-refractivity contribution in [3.05, 3.63) is 87.1 Å². The third-order valence-corrected chi connectivity index (χ3v) is 4.24. The van der Waals surface area contributed by atoms with Crippen molar-refractivity contribution in [3.8, 4) is 5.75 Å². The van der Waals surface area contributed by atoms with E-state index in [9.17, 15) is 18.8 Å². The van der Waals surface area contributed by atoms with E-state index in [1.807, 2.05) is 6.92 Å². The summed E-state index contributed by atoms with van der Waals surface area (Å²) in [4.78, 5) is 36.4. The van der Waals surface area contributed by atoms with E-state index in [4.69, 9.17) is 18.7 Å². The van der Waals surface area contributed by atoms with Crippen molar-refractivity contribution in [1.82, 2.24) is 0 Å². The van der Waals surface area contributed by atoms with Crippen molar-refractivity contribution in [2.75, 3.05) is 6.61 Å². The van der Waals surface area contributed by atoms with Gasteiger partial charge in [0.15, 0.2) is 5.76 Å². The van der Waals surface area contributed by atoms with Gasteiger partial charge >= 0.3 is 5.97 Å². The molecule has 156 valence electrons. The molecule has 3 aromatic rings. The molecule has 1 aromatic carbocycles. The van der Waals surface area contributed by atoms with Gasteiger partial charge in [0.1, 0.15) is 11.6 Å². The Kier molecular flexibility index (Phi) is 6.46. The van der Waals surface area contributed by atoms with Gasteiger partial charge in [0.05, 0.1) is 6.61 Å². The third kappa shape index (κ3) is 4.83. The highest BCUT2D eigenvalue weighted by Gasteiger charge is 2.26. The number of hydrogen-bond donors (Lipinski definition) is 1. The van der Waals surface area contributed by atoms with Gasteiger partial charge in [-0.05, 0) is 36.2 Å². The van der Waals surface area contributed by atoms with Crippen LogP contribution in [0.5, 0.6) is 5.75 Å². The average Bonchev–Trinajstić information content (AvgIpc) is 3.18. The van der Waals surface area contributed by atoms with Gasteiger partial charge < -0.3 is 18.7 Å². The molecule has 0 radical (unpaired) electrons. The van der Waals surface area contributed by atoms with Gasteiger partial charge in [-0.15, -0.1) is 0 Å². The fraction of sp³-hybridized carbons (Fsp3) is 0.227. The van der Waals surface area contributed by atoms with Crippen molar-refractivity contribution in [1.29, 1.82) is 0 Å². The molecule has 3 rings (SSSR count). The van der Waals surface area contributed by atoms with Crippen LogP contribution in [0.4, 0.5) is 4.39 Å². The number of hydrogen-bond acceptors (Lipinski definition) is 6. The van der Waals surface area contributed by atoms with E-state index < -0.39 is 28.7 Å². The molecule has 0 bridgehead atoms. The molecule has 2 aromatic heterocycles. The van der Waals surface area contributed by atoms with Crippen LogP contribution in [0.1, 0.15) is 58.0 Å². The highest BCUT2D eigenvalue weighted by molar-refractivity contribution is 6.07. The fourth-order valence-electron chi connectivity index (χ4n) is 2.70. The second-order valence-corrected chi connectivity index (χ2v) is 6.54. The first-order chi connectivity index (χ1) is 14.4. The monoisotopic (exact) mass is 414 g/mol. The number of ether oxygens (including phenoxy) is 1. The predicted octanol–water partition coefficient (Wildman–Crippen LogP) is 4.07. The lowest BCUT2D eigenvalue weighted by molar-refractivity contribution is 0.0654. The summed E-state index contributed by atoms with van der Waals surface area (Å²) in [6, 6.07) is 9.54. The van der Waals surface area contributed by atoms with E-state index in [0.29, 0.717) is 18.6 Å². The van der Waals surface area contributed by atoms with Crippen LogP contribution in [0.2, 0.25) is 0 Å². The number of aromatic carboxylic acids is 1. The minimum Gasteiger partial charge on any atom is -0.486 e. The maximum atomic E-state index is 13.0. The number of carboxylic acid groups (broad SMARTS) is 1. The Morgan fingerprint density at radius 2 is 1.80 bits per heavy atom. The number of halogens is 1. The van der Waals surface area contributed by atoms with Crippen LogP contribution >= 0.6 is 0 Å². The lowest BCUT2D eigenvalue weighted by Gasteiger charge is -2.09. The molecular formula is C22H19FO7. The standard InChI is InChI=1S/C22H19FO7/c1-2-3-10-28-20-16(24)12-18(22(26)27)30-21(20)19(25)17-9-8-15(29-17)11-13-4-6-14(23)7-5-13/h4-9,12H,2-3,10-11H2,1H3,(H,26,27). The van der Waals surface area contributed by atoms with Gasteiger partial charge in [0.2, 0.25) is 22.7 Å². The molecule has 0 fully saturated rings. The first-order valence-corrected chi connectivity index (χ1v) is 9.31. The summed E-state index contributed by atoms with van der Waals surface area (Å²) in [5, 5.41) is 9.14. The van der Waals surface area contributed by atoms with Crippen LogP contribution in [0.25, 0.3) is 0 Å². The topological polar surface area (TPSA) is 107 Å². The van der Waals surface area contributed by atoms with Crippen molar-refractivity contribution < 1.29 is 32.7 Å². The Hall–Kier alpha value is -3.68. The molecule has 0 amide bonds. The van der Waals surface area contributed by atoms with Crippen LogP contribution in [0.15, 0.2) is 56.1 Å². The molecule has 0 saturated heterocycles. The highest BCUT2D eigenvalue weighted by atomic mass is 19.1. The summed E-state index contributed by atoms with van der Waals surface area (Å²) in [5.74, 6) is -3.94. The minimum atomic E-state index is -1.49. The fourth-order valence-corrected chi connectivity index (χ4v) is 2.70. The first-order valence-electron chi connectivity index (χ1n) is 9.31. The number of carbonyl (C=O) groups is 2. The van der Waals surface area contributed by atoms with Gasteiger partial charge in [0, 0.05) is 12.5 Å². The summed E-state index contributed by atoms with van der Waals surface area (Å²) < 4.78 is 29.1. The Balaban J connectivity index is 1.91. The zero-order chi connectivity index (χ0) is 21.7. The van der Waals surface area contributed by atoms with E-state index >= 15 is 0 Å². The molecule has 0 atom stereocenters. The van der Waals surface area contributed by atoms with Crippen LogP contribution in [-0.4, -0.2) is 23.5 Å². The zero-order valence-electron chi connectivity index (χ0n) is 16.1. The Labute approximate surface area is 170 Å². The lowest BCUT2D eigenvalue weighted by Crippen LogP contribution is -2.17. The third-order valence-electron chi connectivity index (χ3n) is 4.24. The zero-order valence-corrected chi connectivity index (χ0v) is 16.1. The predicted molar refractivity (Wildman–Crippen MR) is 104 cm³/mol. The summed E-state index contributed by atoms with van der Waals surface area (Å²) >= 11 is 0. The molecule has 0 spiro atoms. The second kappa shape index (κ2) is 9.21. The largest absolute Gasteiger partial charge is 0.486 e. The van der Waals surface area contributed by atoms with Crippen molar-refractivity contribution in [2.45, 2.75) is 26.2 Å². The Bertz CT molecular complexity index is 1110. The van der Waals surface area contributed by atoms with Crippen molar-refractivity contribution in [2.24, 2.45) is 0 Å². The SMILES string of the molecule is CCCCOc1c(C(=O)c2ccc(Cc3ccc(F)cc3)o2)oc(C(=O)O)cc1=O. The smallest absolute Gasteiger partial charge is 0.371 e. The van der Waals surface area contributed by atoms with Crippen LogP contribution in [-0.2, 0) is 6.42 Å². The Morgan fingerprint density at radius 1 is 1.07 bits per heavy atom. The highest BCUT2D eigenvalue weighted by Crippen LogP contribution is 2.23. The normalized spacial score (nSPS) is 10.7. The van der Waals surface area contributed by atoms with Gasteiger partial charge in [-0.25, -0.2) is 9.18 Å². The lowest BCUT2D eigenvalue weighted by atomic mass is 10.1. The van der Waals surface area contributed by atoms with E-state index in [1.165, 1.54) is 18.2 Å². The maximum absolute atomic E-state index is 13.0. The van der Waals surface area contributed by atoms with Gasteiger partial charge in [-0.3, -0.25) is 9.59 Å². The molecule has 2 heterocycles. The average molecular weight is 414 g/mol. The summed E-state index contributed by atoms with van der Waals surface area (Å²) in [7, 11) is 0. The molecule has 0 saturated carbocycles. The number of benzene rings is 1. The molecule has 8 heteroatoms. The molecule has 0 aliphatic rings. The number of carboxylic acids is 1. The van der Waals surface area contributed by atoms with Crippen LogP contribution in [0, 0.1) is 5.82 Å². The van der Waals surface area contributed by atoms with E-state index in [1.54, 1.807) is 18.2 Å². The number of ketones is 1. The molecule has 1 N–H and O–H groups in total. The van der Waals surface area contributed by atoms with E-state index in [2.05, 4.69) is 0 Å².